The molecule has 0 spiro atoms. The van der Waals surface area contributed by atoms with E-state index in [1.54, 1.807) is 205 Å². The Morgan fingerprint density at radius 3 is 1.23 bits per heavy atom. The number of halogens is 3. The van der Waals surface area contributed by atoms with Crippen LogP contribution >= 0.6 is 0 Å². The first-order valence-electron chi connectivity index (χ1n) is 37.9. The molecule has 0 bridgehead atoms. The number of nitrogens with zero attached hydrogens (tertiary/aromatic N) is 12. The molecule has 6 atom stereocenters. The molecule has 3 saturated carbocycles. The number of ketones is 3. The van der Waals surface area contributed by atoms with E-state index in [2.05, 4.69) is 40.4 Å². The SMILES string of the molecule is CCn1ncc(S(=O)(=O)[C@H]2CCC3=Cc4c(cnn4-c4ccc(F)cc4)C[C@]3(C(=O)c3cc(C)ccn3)C2)n1.C[C@@]1(S(=O)(=O)c2ccccc2)CCC2=Cc3c(cnn3-c3ccc(F)cc3)C[C@]2(C(=O)c2ccccn2)C1.C[C@]1(S(=O)(=O)c2ccccc2)CCC2=Cc3c(cnn3-c3ccc(F)cc3)C[C@]2(C(=O)c2ccccn2)C1. The van der Waals surface area contributed by atoms with E-state index < -0.39 is 60.5 Å². The smallest absolute Gasteiger partial charge is 0.201 e. The summed E-state index contributed by atoms with van der Waals surface area (Å²) in [5, 5.41) is 21.0. The lowest BCUT2D eigenvalue weighted by Crippen LogP contribution is -2.51. The van der Waals surface area contributed by atoms with Crippen molar-refractivity contribution in [2.45, 2.75) is 141 Å². The fourth-order valence-corrected chi connectivity index (χ4v) is 23.2. The summed E-state index contributed by atoms with van der Waals surface area (Å²) in [6.07, 6.45) is 20.8. The highest BCUT2D eigenvalue weighted by atomic mass is 32.2. The molecule has 0 N–H and O–H groups in total. The zero-order valence-electron chi connectivity index (χ0n) is 63.3. The maximum Gasteiger partial charge on any atom is 0.201 e. The number of rotatable bonds is 16. The van der Waals surface area contributed by atoms with Crippen LogP contribution in [0.25, 0.3) is 35.3 Å². The lowest BCUT2D eigenvalue weighted by atomic mass is 9.59. The average molecular weight is 1600 g/mol. The Morgan fingerprint density at radius 1 is 0.452 bits per heavy atom. The van der Waals surface area contributed by atoms with Crippen molar-refractivity contribution in [1.29, 1.82) is 0 Å². The van der Waals surface area contributed by atoms with Gasteiger partial charge in [-0.3, -0.25) is 29.3 Å². The molecule has 3 fully saturated rings. The molecule has 0 aliphatic heterocycles. The van der Waals surface area contributed by atoms with Crippen LogP contribution in [0.1, 0.15) is 149 Å². The van der Waals surface area contributed by atoms with Gasteiger partial charge >= 0.3 is 0 Å². The summed E-state index contributed by atoms with van der Waals surface area (Å²) in [6.45, 7) is 7.70. The Labute approximate surface area is 663 Å². The standard InChI is InChI=1S/2C30H26FN3O3S.C28H27FN6O3S/c2*1-29(38(36,37)25-7-3-2-4-8-25)15-14-22-17-27-21(19-33-34(27)24-12-10-23(31)11-13-24)18-30(22,20-29)28(35)26-9-5-6-16-32-26;1-3-34-31-17-26(33-34)39(37,38)23-9-4-20-13-25-19(16-32-35(25)22-7-5-21(29)6-8-22)14-28(20,15-23)27(36)24-12-18(2)10-11-30-24/h2*2-13,16-17,19H,14-15,18,20H2,1H3;5-8,10-13,16-17,23H,3-4,9,14-15H2,1-2H3/t29-,30+;29-,30-;23-,28-/m100/s1. The van der Waals surface area contributed by atoms with Crippen molar-refractivity contribution in [3.8, 4) is 17.1 Å². The average Bonchev–Trinajstić information content (AvgIpc) is 1.67. The maximum atomic E-state index is 14.3. The molecule has 6 aliphatic rings. The summed E-state index contributed by atoms with van der Waals surface area (Å²) in [4.78, 5) is 57.7. The first kappa shape index (κ1) is 77.1. The van der Waals surface area contributed by atoms with Gasteiger partial charge < -0.3 is 0 Å². The third kappa shape index (κ3) is 13.7. The molecule has 5 aromatic carbocycles. The number of pyridine rings is 3. The van der Waals surface area contributed by atoms with Crippen LogP contribution < -0.4 is 0 Å². The fourth-order valence-electron chi connectivity index (χ4n) is 17.7. The number of benzene rings is 5. The van der Waals surface area contributed by atoms with Gasteiger partial charge in [0.2, 0.25) is 9.84 Å². The van der Waals surface area contributed by atoms with Gasteiger partial charge in [-0.25, -0.2) is 52.5 Å². The third-order valence-electron chi connectivity index (χ3n) is 23.8. The van der Waals surface area contributed by atoms with Crippen LogP contribution in [0.4, 0.5) is 13.2 Å². The van der Waals surface area contributed by atoms with Crippen molar-refractivity contribution >= 4 is 65.1 Å². The second-order valence-corrected chi connectivity index (χ2v) is 38.0. The Kier molecular flexibility index (Phi) is 20.0. The Balaban J connectivity index is 0.000000130. The van der Waals surface area contributed by atoms with Gasteiger partial charge in [0, 0.05) is 18.6 Å². The van der Waals surface area contributed by atoms with E-state index in [9.17, 15) is 52.8 Å². The Morgan fingerprint density at radius 2 is 0.843 bits per heavy atom. The van der Waals surface area contributed by atoms with Crippen molar-refractivity contribution in [3.63, 3.8) is 0 Å². The van der Waals surface area contributed by atoms with Crippen LogP contribution in [0.2, 0.25) is 0 Å². The van der Waals surface area contributed by atoms with Gasteiger partial charge in [-0.1, -0.05) is 65.3 Å². The number of allylic oxidation sites excluding steroid dienone is 3. The molecule has 18 rings (SSSR count). The topological polar surface area (TPSA) is 276 Å². The number of aromatic nitrogens is 12. The maximum absolute atomic E-state index is 14.3. The molecule has 0 saturated heterocycles. The number of carbonyl (C=O) groups is 3. The normalized spacial score (nSPS) is 22.0. The van der Waals surface area contributed by atoms with Gasteiger partial charge in [0.05, 0.1) is 106 Å². The van der Waals surface area contributed by atoms with Crippen LogP contribution in [0.15, 0.2) is 257 Å². The third-order valence-corrected chi connectivity index (χ3v) is 30.9. The van der Waals surface area contributed by atoms with Crippen molar-refractivity contribution in [1.82, 2.24) is 59.3 Å². The van der Waals surface area contributed by atoms with E-state index in [-0.39, 0.29) is 75.3 Å². The van der Waals surface area contributed by atoms with Gasteiger partial charge in [-0.15, -0.1) is 5.10 Å². The number of sulfone groups is 3. The summed E-state index contributed by atoms with van der Waals surface area (Å²) in [7, 11) is -11.3. The summed E-state index contributed by atoms with van der Waals surface area (Å²) in [6, 6.07) is 49.1. The largest absolute Gasteiger partial charge is 0.291 e. The number of aryl methyl sites for hydroxylation is 2. The predicted octanol–water partition coefficient (Wildman–Crippen LogP) is 15.4. The molecule has 0 amide bonds. The number of fused-ring (bicyclic) bond motifs is 6. The quantitative estimate of drug-likeness (QED) is 0.0813. The van der Waals surface area contributed by atoms with Crippen molar-refractivity contribution in [3.05, 3.63) is 316 Å². The lowest BCUT2D eigenvalue weighted by molar-refractivity contribution is 0.0767. The van der Waals surface area contributed by atoms with E-state index in [0.29, 0.717) is 92.1 Å². The highest BCUT2D eigenvalue weighted by molar-refractivity contribution is 7.93. The summed E-state index contributed by atoms with van der Waals surface area (Å²) in [5.74, 6) is -1.57. The Bertz CT molecular complexity index is 6010. The van der Waals surface area contributed by atoms with Gasteiger partial charge in [-0.05, 0) is 279 Å². The number of hydrogen-bond donors (Lipinski definition) is 0. The van der Waals surface area contributed by atoms with Crippen LogP contribution in [0, 0.1) is 40.6 Å². The molecule has 115 heavy (non-hydrogen) atoms. The zero-order chi connectivity index (χ0) is 80.5. The molecule has 584 valence electrons. The van der Waals surface area contributed by atoms with Crippen molar-refractivity contribution < 1.29 is 52.8 Å². The fraction of sp³-hybridized carbons (Fsp3) is 0.261. The molecular weight excluding hydrogens is 1520 g/mol. The van der Waals surface area contributed by atoms with Gasteiger partial charge in [0.1, 0.15) is 34.5 Å². The van der Waals surface area contributed by atoms with Crippen molar-refractivity contribution in [2.75, 3.05) is 0 Å². The molecular formula is C88H79F3N12O9S3. The first-order chi connectivity index (χ1) is 55.2. The minimum atomic E-state index is -3.83. The van der Waals surface area contributed by atoms with E-state index >= 15 is 0 Å². The van der Waals surface area contributed by atoms with Crippen LogP contribution in [0.5, 0.6) is 0 Å². The molecule has 6 aliphatic carbocycles. The van der Waals surface area contributed by atoms with E-state index in [4.69, 9.17) is 0 Å². The summed E-state index contributed by atoms with van der Waals surface area (Å²) < 4.78 is 127. The molecule has 7 heterocycles. The van der Waals surface area contributed by atoms with Gasteiger partial charge in [0.15, 0.2) is 42.1 Å². The minimum Gasteiger partial charge on any atom is -0.291 e. The molecule has 0 unspecified atom stereocenters. The van der Waals surface area contributed by atoms with Crippen LogP contribution in [-0.2, 0) is 55.3 Å². The number of carbonyl (C=O) groups excluding carboxylic acids is 3. The van der Waals surface area contributed by atoms with E-state index in [0.717, 1.165) is 56.1 Å². The van der Waals surface area contributed by atoms with Crippen LogP contribution in [0.3, 0.4) is 0 Å². The highest BCUT2D eigenvalue weighted by Gasteiger charge is 2.59. The number of Topliss-reactive ketones (excluding diaryl/α,β-unsaturated/α-hetero) is 3. The van der Waals surface area contributed by atoms with E-state index in [1.807, 2.05) is 38.1 Å². The van der Waals surface area contributed by atoms with Crippen LogP contribution in [-0.4, -0.2) is 117 Å². The molecule has 27 heteroatoms. The van der Waals surface area contributed by atoms with E-state index in [1.165, 1.54) is 47.4 Å². The minimum absolute atomic E-state index is 0.0707. The zero-order valence-corrected chi connectivity index (χ0v) is 65.7. The lowest BCUT2D eigenvalue weighted by Gasteiger charge is -2.48. The number of hydrogen-bond acceptors (Lipinski definition) is 17. The molecule has 7 aromatic heterocycles. The van der Waals surface area contributed by atoms with Gasteiger partial charge in [0.25, 0.3) is 0 Å². The monoisotopic (exact) mass is 1600 g/mol. The Hall–Kier alpha value is -11.8. The molecule has 21 nitrogen and oxygen atoms in total. The summed E-state index contributed by atoms with van der Waals surface area (Å²) in [5.41, 5.74) is 8.27. The molecule has 0 radical (unpaired) electrons. The summed E-state index contributed by atoms with van der Waals surface area (Å²) >= 11 is 0. The highest BCUT2D eigenvalue weighted by Crippen LogP contribution is 2.58. The van der Waals surface area contributed by atoms with Gasteiger partial charge in [-0.2, -0.15) is 25.2 Å². The van der Waals surface area contributed by atoms with Crippen molar-refractivity contribution in [2.24, 2.45) is 16.2 Å². The second-order valence-electron chi connectivity index (χ2n) is 30.9. The molecule has 12 aromatic rings. The first-order valence-corrected chi connectivity index (χ1v) is 42.4. The predicted molar refractivity (Wildman–Crippen MR) is 426 cm³/mol. The second kappa shape index (κ2) is 29.9.